The SMILES string of the molecule is Cc1cnccc1OC1=NCc2nc(N3CCC(C)(N)CC3)cnc21. The van der Waals surface area contributed by atoms with Crippen LogP contribution in [0.15, 0.2) is 29.6 Å². The summed E-state index contributed by atoms with van der Waals surface area (Å²) < 4.78 is 5.92. The van der Waals surface area contributed by atoms with Crippen LogP contribution in [-0.4, -0.2) is 39.5 Å². The fraction of sp³-hybridized carbons (Fsp3) is 0.444. The average molecular weight is 338 g/mol. The minimum atomic E-state index is -0.0762. The molecule has 2 aliphatic rings. The maximum Gasteiger partial charge on any atom is 0.243 e. The van der Waals surface area contributed by atoms with Gasteiger partial charge in [-0.1, -0.05) is 0 Å². The van der Waals surface area contributed by atoms with Gasteiger partial charge in [0.05, 0.1) is 18.4 Å². The van der Waals surface area contributed by atoms with Gasteiger partial charge in [0.25, 0.3) is 0 Å². The number of piperidine rings is 1. The Morgan fingerprint density at radius 3 is 2.80 bits per heavy atom. The maximum atomic E-state index is 6.21. The van der Waals surface area contributed by atoms with Gasteiger partial charge in [0.1, 0.15) is 17.3 Å². The van der Waals surface area contributed by atoms with Gasteiger partial charge in [-0.05, 0) is 32.8 Å². The monoisotopic (exact) mass is 338 g/mol. The van der Waals surface area contributed by atoms with Gasteiger partial charge < -0.3 is 15.4 Å². The molecule has 0 bridgehead atoms. The predicted molar refractivity (Wildman–Crippen MR) is 95.9 cm³/mol. The molecule has 1 saturated heterocycles. The summed E-state index contributed by atoms with van der Waals surface area (Å²) in [6.45, 7) is 6.37. The molecular weight excluding hydrogens is 316 g/mol. The number of hydrogen-bond donors (Lipinski definition) is 1. The minimum absolute atomic E-state index is 0.0762. The number of aliphatic imine (C=N–C) groups is 1. The number of fused-ring (bicyclic) bond motifs is 1. The molecule has 2 aromatic heterocycles. The van der Waals surface area contributed by atoms with Gasteiger partial charge >= 0.3 is 0 Å². The van der Waals surface area contributed by atoms with E-state index >= 15 is 0 Å². The third-order valence-electron chi connectivity index (χ3n) is 4.81. The van der Waals surface area contributed by atoms with Crippen LogP contribution in [0, 0.1) is 6.92 Å². The van der Waals surface area contributed by atoms with E-state index in [0.717, 1.165) is 54.4 Å². The molecule has 25 heavy (non-hydrogen) atoms. The van der Waals surface area contributed by atoms with E-state index < -0.39 is 0 Å². The minimum Gasteiger partial charge on any atom is -0.437 e. The van der Waals surface area contributed by atoms with Crippen molar-refractivity contribution in [1.82, 2.24) is 15.0 Å². The Labute approximate surface area is 147 Å². The smallest absolute Gasteiger partial charge is 0.243 e. The van der Waals surface area contributed by atoms with E-state index in [-0.39, 0.29) is 5.54 Å². The van der Waals surface area contributed by atoms with Crippen LogP contribution in [0.5, 0.6) is 5.75 Å². The van der Waals surface area contributed by atoms with Crippen LogP contribution in [-0.2, 0) is 6.54 Å². The average Bonchev–Trinajstić information content (AvgIpc) is 2.99. The van der Waals surface area contributed by atoms with Gasteiger partial charge in [-0.25, -0.2) is 15.0 Å². The summed E-state index contributed by atoms with van der Waals surface area (Å²) in [5.41, 5.74) is 8.68. The zero-order valence-corrected chi connectivity index (χ0v) is 14.6. The summed E-state index contributed by atoms with van der Waals surface area (Å²) in [5.74, 6) is 2.16. The molecule has 0 unspecified atom stereocenters. The molecule has 0 atom stereocenters. The van der Waals surface area contributed by atoms with E-state index in [1.165, 1.54) is 0 Å². The maximum absolute atomic E-state index is 6.21. The number of ether oxygens (including phenoxy) is 1. The molecule has 130 valence electrons. The molecule has 0 saturated carbocycles. The van der Waals surface area contributed by atoms with E-state index in [4.69, 9.17) is 15.5 Å². The Kier molecular flexibility index (Phi) is 3.88. The Morgan fingerprint density at radius 1 is 1.24 bits per heavy atom. The summed E-state index contributed by atoms with van der Waals surface area (Å²) in [5, 5.41) is 0. The molecule has 0 spiro atoms. The van der Waals surface area contributed by atoms with E-state index in [1.54, 1.807) is 12.4 Å². The summed E-state index contributed by atoms with van der Waals surface area (Å²) in [6, 6.07) is 1.83. The fourth-order valence-corrected chi connectivity index (χ4v) is 3.09. The lowest BCUT2D eigenvalue weighted by Crippen LogP contribution is -2.48. The van der Waals surface area contributed by atoms with Crippen molar-refractivity contribution in [2.45, 2.75) is 38.8 Å². The summed E-state index contributed by atoms with van der Waals surface area (Å²) >= 11 is 0. The van der Waals surface area contributed by atoms with Crippen LogP contribution in [0.2, 0.25) is 0 Å². The molecule has 0 amide bonds. The first-order chi connectivity index (χ1) is 12.0. The van der Waals surface area contributed by atoms with Crippen LogP contribution in [0.3, 0.4) is 0 Å². The molecule has 4 rings (SSSR count). The number of aryl methyl sites for hydroxylation is 1. The van der Waals surface area contributed by atoms with E-state index in [1.807, 2.05) is 19.2 Å². The first kappa shape index (κ1) is 16.0. The van der Waals surface area contributed by atoms with Crippen LogP contribution >= 0.6 is 0 Å². The topological polar surface area (TPSA) is 89.5 Å². The first-order valence-corrected chi connectivity index (χ1v) is 8.55. The van der Waals surface area contributed by atoms with Crippen molar-refractivity contribution < 1.29 is 4.74 Å². The molecule has 0 radical (unpaired) electrons. The fourth-order valence-electron chi connectivity index (χ4n) is 3.09. The van der Waals surface area contributed by atoms with Crippen molar-refractivity contribution in [2.24, 2.45) is 10.7 Å². The normalized spacial score (nSPS) is 18.7. The van der Waals surface area contributed by atoms with Crippen molar-refractivity contribution in [3.05, 3.63) is 41.6 Å². The highest BCUT2D eigenvalue weighted by atomic mass is 16.5. The third-order valence-corrected chi connectivity index (χ3v) is 4.81. The second-order valence-electron chi connectivity index (χ2n) is 7.03. The number of hydrogen-bond acceptors (Lipinski definition) is 7. The molecular formula is C18H22N6O. The van der Waals surface area contributed by atoms with E-state index in [2.05, 4.69) is 26.8 Å². The van der Waals surface area contributed by atoms with Crippen molar-refractivity contribution in [3.63, 3.8) is 0 Å². The summed E-state index contributed by atoms with van der Waals surface area (Å²) in [4.78, 5) is 20.1. The molecule has 2 N–H and O–H groups in total. The van der Waals surface area contributed by atoms with Crippen LogP contribution in [0.4, 0.5) is 5.82 Å². The number of nitrogens with two attached hydrogens (primary N) is 1. The zero-order chi connectivity index (χ0) is 17.4. The highest BCUT2D eigenvalue weighted by molar-refractivity contribution is 5.96. The highest BCUT2D eigenvalue weighted by Gasteiger charge is 2.28. The van der Waals surface area contributed by atoms with E-state index in [0.29, 0.717) is 12.4 Å². The van der Waals surface area contributed by atoms with Crippen molar-refractivity contribution in [1.29, 1.82) is 0 Å². The highest BCUT2D eigenvalue weighted by Crippen LogP contribution is 2.26. The molecule has 2 aromatic rings. The Morgan fingerprint density at radius 2 is 2.04 bits per heavy atom. The lowest BCUT2D eigenvalue weighted by molar-refractivity contribution is 0.363. The third kappa shape index (κ3) is 3.19. The van der Waals surface area contributed by atoms with Crippen molar-refractivity contribution in [2.75, 3.05) is 18.0 Å². The number of anilines is 1. The number of rotatable bonds is 2. The van der Waals surface area contributed by atoms with Crippen molar-refractivity contribution in [3.8, 4) is 5.75 Å². The second-order valence-corrected chi connectivity index (χ2v) is 7.03. The van der Waals surface area contributed by atoms with Crippen molar-refractivity contribution >= 4 is 11.7 Å². The Hall–Kier alpha value is -2.54. The molecule has 0 aromatic carbocycles. The molecule has 0 aliphatic carbocycles. The molecule has 2 aliphatic heterocycles. The number of aromatic nitrogens is 3. The van der Waals surface area contributed by atoms with Gasteiger partial charge in [0.15, 0.2) is 0 Å². The predicted octanol–water partition coefficient (Wildman–Crippen LogP) is 1.84. The summed E-state index contributed by atoms with van der Waals surface area (Å²) in [6.07, 6.45) is 7.19. The molecule has 4 heterocycles. The van der Waals surface area contributed by atoms with Gasteiger partial charge in [-0.15, -0.1) is 0 Å². The second kappa shape index (κ2) is 6.07. The Balaban J connectivity index is 1.51. The summed E-state index contributed by atoms with van der Waals surface area (Å²) in [7, 11) is 0. The van der Waals surface area contributed by atoms with Gasteiger partial charge in [0.2, 0.25) is 5.90 Å². The first-order valence-electron chi connectivity index (χ1n) is 8.55. The standard InChI is InChI=1S/C18H22N6O/c1-12-9-20-6-3-14(12)25-17-16-13(10-22-17)23-15(11-21-16)24-7-4-18(2,19)5-8-24/h3,6,9,11H,4-5,7-8,10,19H2,1-2H3. The van der Waals surface area contributed by atoms with Gasteiger partial charge in [-0.3, -0.25) is 4.98 Å². The zero-order valence-electron chi connectivity index (χ0n) is 14.6. The molecule has 1 fully saturated rings. The van der Waals surface area contributed by atoms with Crippen LogP contribution in [0.1, 0.15) is 36.7 Å². The number of pyridine rings is 1. The van der Waals surface area contributed by atoms with Gasteiger partial charge in [0, 0.05) is 36.6 Å². The molecule has 7 nitrogen and oxygen atoms in total. The molecule has 7 heteroatoms. The quantitative estimate of drug-likeness (QED) is 0.898. The van der Waals surface area contributed by atoms with E-state index in [9.17, 15) is 0 Å². The Bertz CT molecular complexity index is 822. The lowest BCUT2D eigenvalue weighted by atomic mass is 9.91. The lowest BCUT2D eigenvalue weighted by Gasteiger charge is -2.37. The van der Waals surface area contributed by atoms with Crippen LogP contribution < -0.4 is 15.4 Å². The number of nitrogens with zero attached hydrogens (tertiary/aromatic N) is 5. The largest absolute Gasteiger partial charge is 0.437 e. The van der Waals surface area contributed by atoms with Crippen LogP contribution in [0.25, 0.3) is 0 Å². The van der Waals surface area contributed by atoms with Gasteiger partial charge in [-0.2, -0.15) is 0 Å².